The number of carbonyl (C=O) groups excluding carboxylic acids is 3. The van der Waals surface area contributed by atoms with Crippen LogP contribution in [0.2, 0.25) is 0 Å². The summed E-state index contributed by atoms with van der Waals surface area (Å²) >= 11 is 0.935. The number of aliphatic carboxylic acids is 1. The van der Waals surface area contributed by atoms with Gasteiger partial charge < -0.3 is 24.6 Å². The smallest absolute Gasteiger partial charge is 0.325 e. The molecule has 24 heavy (non-hydrogen) atoms. The van der Waals surface area contributed by atoms with Crippen LogP contribution in [-0.4, -0.2) is 74.4 Å². The van der Waals surface area contributed by atoms with E-state index in [-0.39, 0.29) is 6.61 Å². The Kier molecular flexibility index (Phi) is 5.09. The molecule has 134 valence electrons. The molecule has 2 fully saturated rings. The molecule has 10 heteroatoms. The van der Waals surface area contributed by atoms with E-state index in [0.29, 0.717) is 0 Å². The van der Waals surface area contributed by atoms with E-state index in [2.05, 4.69) is 0 Å². The van der Waals surface area contributed by atoms with E-state index in [1.165, 1.54) is 18.7 Å². The molecule has 2 rings (SSSR count). The van der Waals surface area contributed by atoms with Crippen molar-refractivity contribution < 1.29 is 38.9 Å². The summed E-state index contributed by atoms with van der Waals surface area (Å²) in [5, 5.41) is 18.9. The van der Waals surface area contributed by atoms with Gasteiger partial charge in [0.2, 0.25) is 5.91 Å². The van der Waals surface area contributed by atoms with E-state index in [1.807, 2.05) is 0 Å². The second-order valence-corrected chi connectivity index (χ2v) is 7.26. The van der Waals surface area contributed by atoms with Crippen LogP contribution in [0, 0.1) is 5.92 Å². The van der Waals surface area contributed by atoms with Crippen LogP contribution in [-0.2, 0) is 28.7 Å². The van der Waals surface area contributed by atoms with E-state index in [1.54, 1.807) is 0 Å². The lowest BCUT2D eigenvalue weighted by Crippen LogP contribution is -2.65. The Hall–Kier alpha value is -1.81. The van der Waals surface area contributed by atoms with Crippen LogP contribution in [0.1, 0.15) is 20.8 Å². The summed E-state index contributed by atoms with van der Waals surface area (Å²) in [5.74, 6) is -3.71. The second-order valence-electron chi connectivity index (χ2n) is 5.81. The summed E-state index contributed by atoms with van der Waals surface area (Å²) in [7, 11) is 0. The Morgan fingerprint density at radius 2 is 1.88 bits per heavy atom. The van der Waals surface area contributed by atoms with Gasteiger partial charge >= 0.3 is 17.9 Å². The van der Waals surface area contributed by atoms with E-state index in [9.17, 15) is 29.4 Å². The number of esters is 2. The number of carboxylic acid groups (broad SMARTS) is 1. The average Bonchev–Trinajstić information content (AvgIpc) is 2.73. The number of amides is 1. The number of nitrogens with zero attached hydrogens (tertiary/aromatic N) is 1. The molecule has 2 saturated heterocycles. The Labute approximate surface area is 142 Å². The van der Waals surface area contributed by atoms with Crippen molar-refractivity contribution in [3.8, 4) is 0 Å². The third-order valence-corrected chi connectivity index (χ3v) is 5.89. The molecule has 0 saturated carbocycles. The van der Waals surface area contributed by atoms with Crippen LogP contribution in [0.15, 0.2) is 0 Å². The highest BCUT2D eigenvalue weighted by Gasteiger charge is 2.69. The summed E-state index contributed by atoms with van der Waals surface area (Å²) in [4.78, 5) is 47.8. The first-order chi connectivity index (χ1) is 11.1. The molecule has 0 aliphatic carbocycles. The molecule has 0 aromatic heterocycles. The minimum Gasteiger partial charge on any atom is -0.480 e. The molecule has 2 N–H and O–H groups in total. The lowest BCUT2D eigenvalue weighted by atomic mass is 9.88. The van der Waals surface area contributed by atoms with Crippen molar-refractivity contribution in [1.82, 2.24) is 4.90 Å². The fraction of sp³-hybridized carbons (Fsp3) is 0.714. The Balaban J connectivity index is 2.34. The number of rotatable bonds is 6. The molecule has 0 spiro atoms. The second kappa shape index (κ2) is 6.60. The van der Waals surface area contributed by atoms with Gasteiger partial charge in [-0.25, -0.2) is 0 Å². The highest BCUT2D eigenvalue weighted by Crippen LogP contribution is 2.54. The number of fused-ring (bicyclic) bond motifs is 1. The number of aliphatic hydroxyl groups is 1. The SMILES string of the molecule is CC(=O)OCC1N2C(=O)C(C(C)O)[C@H]2SC1(COC(C)=O)C(=O)O. The van der Waals surface area contributed by atoms with Gasteiger partial charge in [-0.1, -0.05) is 0 Å². The first-order valence-electron chi connectivity index (χ1n) is 7.30. The van der Waals surface area contributed by atoms with Gasteiger partial charge in [0, 0.05) is 13.8 Å². The number of aliphatic hydroxyl groups excluding tert-OH is 1. The van der Waals surface area contributed by atoms with Crippen molar-refractivity contribution in [3.63, 3.8) is 0 Å². The van der Waals surface area contributed by atoms with Crippen molar-refractivity contribution in [2.45, 2.75) is 43.0 Å². The van der Waals surface area contributed by atoms with Gasteiger partial charge in [-0.2, -0.15) is 0 Å². The van der Waals surface area contributed by atoms with Crippen molar-refractivity contribution in [2.75, 3.05) is 13.2 Å². The number of hydrogen-bond donors (Lipinski definition) is 2. The molecular weight excluding hydrogens is 342 g/mol. The number of carbonyl (C=O) groups is 4. The zero-order valence-corrected chi connectivity index (χ0v) is 14.2. The van der Waals surface area contributed by atoms with Gasteiger partial charge in [0.1, 0.15) is 13.2 Å². The largest absolute Gasteiger partial charge is 0.480 e. The first kappa shape index (κ1) is 18.5. The third-order valence-electron chi connectivity index (χ3n) is 4.14. The Bertz CT molecular complexity index is 579. The molecule has 2 aliphatic rings. The van der Waals surface area contributed by atoms with Crippen LogP contribution < -0.4 is 0 Å². The predicted octanol–water partition coefficient (Wildman–Crippen LogP) is -0.783. The van der Waals surface area contributed by atoms with Crippen molar-refractivity contribution in [3.05, 3.63) is 0 Å². The zero-order chi connectivity index (χ0) is 18.2. The van der Waals surface area contributed by atoms with Gasteiger partial charge in [-0.3, -0.25) is 19.2 Å². The molecule has 5 atom stereocenters. The molecule has 9 nitrogen and oxygen atoms in total. The number of β-lactam (4-membered cyclic amide) rings is 1. The lowest BCUT2D eigenvalue weighted by Gasteiger charge is -2.45. The third kappa shape index (κ3) is 2.95. The van der Waals surface area contributed by atoms with Crippen molar-refractivity contribution in [1.29, 1.82) is 0 Å². The molecule has 4 unspecified atom stereocenters. The summed E-state index contributed by atoms with van der Waals surface area (Å²) in [6.07, 6.45) is -0.945. The quantitative estimate of drug-likeness (QED) is 0.462. The van der Waals surface area contributed by atoms with E-state index < -0.39 is 58.6 Å². The van der Waals surface area contributed by atoms with Gasteiger partial charge in [0.05, 0.1) is 23.4 Å². The van der Waals surface area contributed by atoms with Gasteiger partial charge in [0.15, 0.2) is 4.75 Å². The summed E-state index contributed by atoms with van der Waals surface area (Å²) in [6.45, 7) is 2.97. The van der Waals surface area contributed by atoms with Crippen LogP contribution in [0.3, 0.4) is 0 Å². The number of carboxylic acids is 1. The topological polar surface area (TPSA) is 130 Å². The summed E-state index contributed by atoms with van der Waals surface area (Å²) in [6, 6.07) is -0.990. The molecule has 1 amide bonds. The van der Waals surface area contributed by atoms with Gasteiger partial charge in [0.25, 0.3) is 0 Å². The molecule has 0 aromatic carbocycles. The number of thioether (sulfide) groups is 1. The Morgan fingerprint density at radius 1 is 1.29 bits per heavy atom. The Morgan fingerprint density at radius 3 is 2.33 bits per heavy atom. The van der Waals surface area contributed by atoms with Gasteiger partial charge in [-0.05, 0) is 6.92 Å². The van der Waals surface area contributed by atoms with Crippen LogP contribution in [0.25, 0.3) is 0 Å². The lowest BCUT2D eigenvalue weighted by molar-refractivity contribution is -0.168. The minimum absolute atomic E-state index is 0.329. The van der Waals surface area contributed by atoms with Crippen molar-refractivity contribution >= 4 is 35.6 Å². The first-order valence-corrected chi connectivity index (χ1v) is 8.18. The maximum absolute atomic E-state index is 12.3. The van der Waals surface area contributed by atoms with Gasteiger partial charge in [-0.15, -0.1) is 11.8 Å². The van der Waals surface area contributed by atoms with E-state index >= 15 is 0 Å². The number of hydrogen-bond acceptors (Lipinski definition) is 8. The molecule has 0 radical (unpaired) electrons. The fourth-order valence-corrected chi connectivity index (χ4v) is 4.79. The fourth-order valence-electron chi connectivity index (χ4n) is 2.94. The average molecular weight is 361 g/mol. The van der Waals surface area contributed by atoms with Crippen molar-refractivity contribution in [2.24, 2.45) is 5.92 Å². The summed E-state index contributed by atoms with van der Waals surface area (Å²) < 4.78 is 8.16. The summed E-state index contributed by atoms with van der Waals surface area (Å²) in [5.41, 5.74) is 0. The molecule has 0 aromatic rings. The molecule has 2 heterocycles. The highest BCUT2D eigenvalue weighted by atomic mass is 32.2. The maximum atomic E-state index is 12.3. The minimum atomic E-state index is -1.66. The van der Waals surface area contributed by atoms with Crippen LogP contribution >= 0.6 is 11.8 Å². The normalized spacial score (nSPS) is 32.6. The molecule has 0 bridgehead atoms. The standard InChI is InChI=1S/C14H19NO8S/c1-6(16)10-11(19)15-9(4-22-7(2)17)14(13(20)21,24-12(10)15)5-23-8(3)18/h6,9-10,12,16H,4-5H2,1-3H3,(H,20,21)/t6?,9?,10?,12-,14?/m1/s1. The number of ether oxygens (including phenoxy) is 2. The molecular formula is C14H19NO8S. The van der Waals surface area contributed by atoms with Crippen LogP contribution in [0.4, 0.5) is 0 Å². The van der Waals surface area contributed by atoms with Crippen LogP contribution in [0.5, 0.6) is 0 Å². The van der Waals surface area contributed by atoms with E-state index in [4.69, 9.17) is 9.47 Å². The maximum Gasteiger partial charge on any atom is 0.325 e. The monoisotopic (exact) mass is 361 g/mol. The zero-order valence-electron chi connectivity index (χ0n) is 13.4. The predicted molar refractivity (Wildman–Crippen MR) is 80.8 cm³/mol. The molecule has 2 aliphatic heterocycles. The van der Waals surface area contributed by atoms with E-state index in [0.717, 1.165) is 18.7 Å². The highest BCUT2D eigenvalue weighted by molar-refractivity contribution is 8.02.